The molecule has 3 rings (SSSR count). The van der Waals surface area contributed by atoms with Crippen LogP contribution in [0.4, 0.5) is 11.5 Å². The van der Waals surface area contributed by atoms with Gasteiger partial charge in [0, 0.05) is 10.5 Å². The molecule has 132 valence electrons. The summed E-state index contributed by atoms with van der Waals surface area (Å²) in [6.07, 6.45) is 1.39. The highest BCUT2D eigenvalue weighted by Gasteiger charge is 2.11. The van der Waals surface area contributed by atoms with Crippen LogP contribution in [0.2, 0.25) is 0 Å². The SMILES string of the molecule is COc1ccc(C(=O)NNc2ncnc(Sc3ccccc3)c2N)cc1. The molecule has 4 N–H and O–H groups in total. The maximum Gasteiger partial charge on any atom is 0.269 e. The zero-order valence-electron chi connectivity index (χ0n) is 14.0. The third kappa shape index (κ3) is 4.22. The van der Waals surface area contributed by atoms with Crippen LogP contribution in [-0.4, -0.2) is 23.0 Å². The molecular weight excluding hydrogens is 350 g/mol. The summed E-state index contributed by atoms with van der Waals surface area (Å²) in [5.74, 6) is 0.695. The Morgan fingerprint density at radius 2 is 1.81 bits per heavy atom. The molecule has 0 aliphatic carbocycles. The predicted molar refractivity (Wildman–Crippen MR) is 101 cm³/mol. The molecule has 1 aromatic heterocycles. The number of rotatable bonds is 6. The number of methoxy groups -OCH3 is 1. The van der Waals surface area contributed by atoms with Gasteiger partial charge >= 0.3 is 0 Å². The van der Waals surface area contributed by atoms with Crippen LogP contribution in [0.3, 0.4) is 0 Å². The first kappa shape index (κ1) is 17.6. The molecule has 0 aliphatic rings. The lowest BCUT2D eigenvalue weighted by molar-refractivity contribution is 0.0962. The van der Waals surface area contributed by atoms with Crippen molar-refractivity contribution in [2.75, 3.05) is 18.3 Å². The summed E-state index contributed by atoms with van der Waals surface area (Å²) in [5.41, 5.74) is 12.3. The first-order chi connectivity index (χ1) is 12.7. The van der Waals surface area contributed by atoms with Crippen molar-refractivity contribution < 1.29 is 9.53 Å². The second-order valence-corrected chi connectivity index (χ2v) is 6.23. The van der Waals surface area contributed by atoms with Crippen molar-refractivity contribution in [2.24, 2.45) is 0 Å². The van der Waals surface area contributed by atoms with Crippen molar-refractivity contribution in [1.82, 2.24) is 15.4 Å². The summed E-state index contributed by atoms with van der Waals surface area (Å²) < 4.78 is 5.07. The average Bonchev–Trinajstić information content (AvgIpc) is 2.69. The van der Waals surface area contributed by atoms with E-state index in [1.54, 1.807) is 31.4 Å². The number of nitrogens with two attached hydrogens (primary N) is 1. The van der Waals surface area contributed by atoms with E-state index in [1.165, 1.54) is 18.1 Å². The van der Waals surface area contributed by atoms with Gasteiger partial charge in [0.2, 0.25) is 0 Å². The molecule has 0 saturated carbocycles. The van der Waals surface area contributed by atoms with Gasteiger partial charge in [0.1, 0.15) is 22.8 Å². The van der Waals surface area contributed by atoms with Gasteiger partial charge < -0.3 is 10.5 Å². The summed E-state index contributed by atoms with van der Waals surface area (Å²) in [4.78, 5) is 21.5. The lowest BCUT2D eigenvalue weighted by Gasteiger charge is -2.12. The van der Waals surface area contributed by atoms with Crippen LogP contribution in [0, 0.1) is 0 Å². The Labute approximate surface area is 155 Å². The van der Waals surface area contributed by atoms with Gasteiger partial charge in [-0.1, -0.05) is 30.0 Å². The molecule has 0 aliphatic heterocycles. The van der Waals surface area contributed by atoms with Crippen molar-refractivity contribution in [3.63, 3.8) is 0 Å². The van der Waals surface area contributed by atoms with Gasteiger partial charge in [-0.3, -0.25) is 15.6 Å². The van der Waals surface area contributed by atoms with Crippen molar-refractivity contribution in [3.05, 3.63) is 66.5 Å². The van der Waals surface area contributed by atoms with E-state index >= 15 is 0 Å². The molecule has 0 radical (unpaired) electrons. The van der Waals surface area contributed by atoms with Crippen LogP contribution in [-0.2, 0) is 0 Å². The number of anilines is 2. The van der Waals surface area contributed by atoms with Crippen molar-refractivity contribution >= 4 is 29.2 Å². The van der Waals surface area contributed by atoms with Gasteiger partial charge in [0.15, 0.2) is 5.82 Å². The number of nitrogens with one attached hydrogen (secondary N) is 2. The van der Waals surface area contributed by atoms with Gasteiger partial charge in [0.05, 0.1) is 7.11 Å². The molecule has 8 heteroatoms. The standard InChI is InChI=1S/C18H17N5O2S/c1-25-13-9-7-12(8-10-13)17(24)23-22-16-15(19)18(21-11-20-16)26-14-5-3-2-4-6-14/h2-11H,19H2,1H3,(H,23,24)(H,20,21,22). The van der Waals surface area contributed by atoms with Crippen LogP contribution < -0.4 is 21.3 Å². The van der Waals surface area contributed by atoms with Crippen molar-refractivity contribution in [2.45, 2.75) is 9.92 Å². The van der Waals surface area contributed by atoms with Crippen LogP contribution >= 0.6 is 11.8 Å². The molecule has 0 spiro atoms. The van der Waals surface area contributed by atoms with Crippen LogP contribution in [0.1, 0.15) is 10.4 Å². The van der Waals surface area contributed by atoms with E-state index in [9.17, 15) is 4.79 Å². The smallest absolute Gasteiger partial charge is 0.269 e. The van der Waals surface area contributed by atoms with E-state index in [4.69, 9.17) is 10.5 Å². The van der Waals surface area contributed by atoms with Crippen LogP contribution in [0.5, 0.6) is 5.75 Å². The summed E-state index contributed by atoms with van der Waals surface area (Å²) >= 11 is 1.42. The lowest BCUT2D eigenvalue weighted by atomic mass is 10.2. The number of nitrogen functional groups attached to an aromatic ring is 1. The highest BCUT2D eigenvalue weighted by atomic mass is 32.2. The molecule has 1 heterocycles. The summed E-state index contributed by atoms with van der Waals surface area (Å²) in [6.45, 7) is 0. The summed E-state index contributed by atoms with van der Waals surface area (Å²) in [7, 11) is 1.57. The highest BCUT2D eigenvalue weighted by Crippen LogP contribution is 2.32. The number of nitrogens with zero attached hydrogens (tertiary/aromatic N) is 2. The molecule has 0 atom stereocenters. The molecule has 0 saturated heterocycles. The Kier molecular flexibility index (Phi) is 5.55. The molecule has 0 fully saturated rings. The number of aromatic nitrogens is 2. The third-order valence-electron chi connectivity index (χ3n) is 3.45. The Hall–Kier alpha value is -3.26. The maximum atomic E-state index is 12.2. The Balaban J connectivity index is 1.67. The molecular formula is C18H17N5O2S. The topological polar surface area (TPSA) is 102 Å². The second kappa shape index (κ2) is 8.21. The quantitative estimate of drug-likeness (QED) is 0.455. The largest absolute Gasteiger partial charge is 0.497 e. The molecule has 0 bridgehead atoms. The lowest BCUT2D eigenvalue weighted by Crippen LogP contribution is -2.30. The summed E-state index contributed by atoms with van der Waals surface area (Å²) in [5, 5.41) is 0.604. The Bertz CT molecular complexity index is 888. The fourth-order valence-electron chi connectivity index (χ4n) is 2.09. The number of amides is 1. The minimum Gasteiger partial charge on any atom is -0.497 e. The normalized spacial score (nSPS) is 10.2. The number of benzene rings is 2. The number of hydrogen-bond donors (Lipinski definition) is 3. The predicted octanol–water partition coefficient (Wildman–Crippen LogP) is 2.98. The van der Waals surface area contributed by atoms with E-state index in [0.717, 1.165) is 4.90 Å². The van der Waals surface area contributed by atoms with Crippen LogP contribution in [0.15, 0.2) is 70.8 Å². The minimum absolute atomic E-state index is 0.317. The monoisotopic (exact) mass is 367 g/mol. The first-order valence-electron chi connectivity index (χ1n) is 7.71. The van der Waals surface area contributed by atoms with E-state index in [1.807, 2.05) is 30.3 Å². The molecule has 26 heavy (non-hydrogen) atoms. The first-order valence-corrected chi connectivity index (χ1v) is 8.53. The zero-order chi connectivity index (χ0) is 18.4. The minimum atomic E-state index is -0.317. The molecule has 2 aromatic carbocycles. The van der Waals surface area contributed by atoms with Gasteiger partial charge in [-0.2, -0.15) is 0 Å². The van der Waals surface area contributed by atoms with E-state index in [-0.39, 0.29) is 5.91 Å². The average molecular weight is 367 g/mol. The molecule has 7 nitrogen and oxygen atoms in total. The van der Waals surface area contributed by atoms with Gasteiger partial charge in [-0.15, -0.1) is 0 Å². The van der Waals surface area contributed by atoms with E-state index < -0.39 is 0 Å². The third-order valence-corrected chi connectivity index (χ3v) is 4.48. The Morgan fingerprint density at radius 3 is 2.50 bits per heavy atom. The van der Waals surface area contributed by atoms with E-state index in [0.29, 0.717) is 27.8 Å². The van der Waals surface area contributed by atoms with Gasteiger partial charge in [0.25, 0.3) is 5.91 Å². The van der Waals surface area contributed by atoms with Gasteiger partial charge in [-0.05, 0) is 36.4 Å². The maximum absolute atomic E-state index is 12.2. The van der Waals surface area contributed by atoms with Crippen LogP contribution in [0.25, 0.3) is 0 Å². The molecule has 1 amide bonds. The van der Waals surface area contributed by atoms with Gasteiger partial charge in [-0.25, -0.2) is 9.97 Å². The van der Waals surface area contributed by atoms with Crippen molar-refractivity contribution in [3.8, 4) is 5.75 Å². The number of ether oxygens (including phenoxy) is 1. The number of hydrogen-bond acceptors (Lipinski definition) is 7. The Morgan fingerprint density at radius 1 is 1.08 bits per heavy atom. The second-order valence-electron chi connectivity index (χ2n) is 5.16. The highest BCUT2D eigenvalue weighted by molar-refractivity contribution is 7.99. The van der Waals surface area contributed by atoms with E-state index in [2.05, 4.69) is 20.8 Å². The molecule has 3 aromatic rings. The number of carbonyl (C=O) groups is 1. The number of hydrazine groups is 1. The number of carbonyl (C=O) groups excluding carboxylic acids is 1. The molecule has 0 unspecified atom stereocenters. The summed E-state index contributed by atoms with van der Waals surface area (Å²) in [6, 6.07) is 16.5. The fourth-order valence-corrected chi connectivity index (χ4v) is 2.91. The van der Waals surface area contributed by atoms with Crippen molar-refractivity contribution in [1.29, 1.82) is 0 Å². The zero-order valence-corrected chi connectivity index (χ0v) is 14.8. The fraction of sp³-hybridized carbons (Fsp3) is 0.0556.